The molecule has 0 N–H and O–H groups in total. The first kappa shape index (κ1) is 11.9. The van der Waals surface area contributed by atoms with E-state index >= 15 is 0 Å². The molecule has 0 radical (unpaired) electrons. The van der Waals surface area contributed by atoms with Crippen LogP contribution in [-0.2, 0) is 0 Å². The third-order valence-corrected chi connectivity index (χ3v) is 3.37. The largest absolute Gasteiger partial charge is 0.486 e. The summed E-state index contributed by atoms with van der Waals surface area (Å²) in [7, 11) is 0. The maximum absolute atomic E-state index is 11.4. The van der Waals surface area contributed by atoms with E-state index in [1.54, 1.807) is 22.9 Å². The van der Waals surface area contributed by atoms with Gasteiger partial charge in [0, 0.05) is 18.0 Å². The minimum Gasteiger partial charge on any atom is -0.486 e. The molecule has 2 aromatic heterocycles. The third-order valence-electron chi connectivity index (χ3n) is 3.37. The van der Waals surface area contributed by atoms with E-state index in [4.69, 9.17) is 9.47 Å². The molecule has 0 unspecified atom stereocenters. The Kier molecular flexibility index (Phi) is 2.60. The van der Waals surface area contributed by atoms with E-state index in [9.17, 15) is 4.79 Å². The van der Waals surface area contributed by atoms with E-state index in [1.807, 2.05) is 18.2 Å². The minimum atomic E-state index is 0.467. The third kappa shape index (κ3) is 1.84. The molecule has 6 nitrogen and oxygen atoms in total. The fourth-order valence-electron chi connectivity index (χ4n) is 2.42. The van der Waals surface area contributed by atoms with Gasteiger partial charge in [-0.15, -0.1) is 0 Å². The van der Waals surface area contributed by atoms with Gasteiger partial charge in [-0.05, 0) is 24.3 Å². The molecule has 0 spiro atoms. The van der Waals surface area contributed by atoms with Crippen molar-refractivity contribution in [2.75, 3.05) is 13.2 Å². The van der Waals surface area contributed by atoms with Crippen LogP contribution in [0.25, 0.3) is 17.0 Å². The summed E-state index contributed by atoms with van der Waals surface area (Å²) in [4.78, 5) is 20.0. The quantitative estimate of drug-likeness (QED) is 0.672. The predicted molar refractivity (Wildman–Crippen MR) is 74.8 cm³/mol. The topological polar surface area (TPSA) is 65.7 Å². The summed E-state index contributed by atoms with van der Waals surface area (Å²) in [6.45, 7) is 1.06. The molecule has 0 bridgehead atoms. The monoisotopic (exact) mass is 281 g/mol. The van der Waals surface area contributed by atoms with Crippen molar-refractivity contribution < 1.29 is 14.3 Å². The van der Waals surface area contributed by atoms with Gasteiger partial charge in [-0.1, -0.05) is 0 Å². The highest BCUT2D eigenvalue weighted by molar-refractivity contribution is 5.86. The molecule has 6 heteroatoms. The van der Waals surface area contributed by atoms with E-state index in [0.29, 0.717) is 41.9 Å². The Balaban J connectivity index is 1.91. The van der Waals surface area contributed by atoms with Gasteiger partial charge in [0.2, 0.25) is 5.78 Å². The van der Waals surface area contributed by atoms with Gasteiger partial charge >= 0.3 is 0 Å². The van der Waals surface area contributed by atoms with Crippen LogP contribution in [0.2, 0.25) is 0 Å². The zero-order valence-corrected chi connectivity index (χ0v) is 11.0. The number of nitrogens with zero attached hydrogens (tertiary/aromatic N) is 3. The molecule has 21 heavy (non-hydrogen) atoms. The molecule has 1 aliphatic rings. The van der Waals surface area contributed by atoms with Crippen molar-refractivity contribution >= 4 is 12.1 Å². The van der Waals surface area contributed by atoms with Gasteiger partial charge in [-0.2, -0.15) is 0 Å². The zero-order valence-electron chi connectivity index (χ0n) is 11.0. The first-order valence-corrected chi connectivity index (χ1v) is 6.55. The van der Waals surface area contributed by atoms with Crippen LogP contribution in [0.15, 0.2) is 36.7 Å². The Labute approximate surface area is 120 Å². The smallest absolute Gasteiger partial charge is 0.234 e. The highest BCUT2D eigenvalue weighted by Gasteiger charge is 2.17. The van der Waals surface area contributed by atoms with Gasteiger partial charge in [-0.3, -0.25) is 9.20 Å². The molecule has 0 aliphatic carbocycles. The van der Waals surface area contributed by atoms with Crippen LogP contribution in [0.4, 0.5) is 0 Å². The van der Waals surface area contributed by atoms with Crippen LogP contribution in [-0.4, -0.2) is 33.9 Å². The lowest BCUT2D eigenvalue weighted by Gasteiger charge is -2.18. The van der Waals surface area contributed by atoms with E-state index in [-0.39, 0.29) is 0 Å². The van der Waals surface area contributed by atoms with Crippen molar-refractivity contribution in [3.05, 3.63) is 42.4 Å². The number of benzene rings is 1. The van der Waals surface area contributed by atoms with Crippen molar-refractivity contribution in [3.63, 3.8) is 0 Å². The zero-order chi connectivity index (χ0) is 14.2. The average Bonchev–Trinajstić information content (AvgIpc) is 2.93. The fourth-order valence-corrected chi connectivity index (χ4v) is 2.42. The van der Waals surface area contributed by atoms with E-state index in [2.05, 4.69) is 9.97 Å². The summed E-state index contributed by atoms with van der Waals surface area (Å²) < 4.78 is 12.7. The van der Waals surface area contributed by atoms with Crippen molar-refractivity contribution in [2.45, 2.75) is 0 Å². The normalized spacial score (nSPS) is 13.3. The number of aromatic nitrogens is 3. The number of imidazole rings is 1. The van der Waals surface area contributed by atoms with Crippen molar-refractivity contribution in [2.24, 2.45) is 0 Å². The summed E-state index contributed by atoms with van der Waals surface area (Å²) in [5.74, 6) is 1.87. The van der Waals surface area contributed by atoms with Crippen LogP contribution >= 0.6 is 0 Å². The molecule has 4 rings (SSSR count). The summed E-state index contributed by atoms with van der Waals surface area (Å²) in [5, 5.41) is 0. The van der Waals surface area contributed by atoms with Gasteiger partial charge in [0.15, 0.2) is 17.8 Å². The molecular weight excluding hydrogens is 270 g/mol. The number of aldehydes is 1. The van der Waals surface area contributed by atoms with E-state index in [0.717, 1.165) is 11.8 Å². The van der Waals surface area contributed by atoms with Crippen molar-refractivity contribution in [1.29, 1.82) is 0 Å². The number of hydrogen-bond donors (Lipinski definition) is 0. The Morgan fingerprint density at radius 1 is 1.19 bits per heavy atom. The molecule has 1 aromatic carbocycles. The maximum atomic E-state index is 11.4. The second-order valence-corrected chi connectivity index (χ2v) is 4.61. The van der Waals surface area contributed by atoms with Crippen LogP contribution in [0.1, 0.15) is 10.5 Å². The number of ether oxygens (including phenoxy) is 2. The van der Waals surface area contributed by atoms with Gasteiger partial charge in [0.25, 0.3) is 0 Å². The maximum Gasteiger partial charge on any atom is 0.234 e. The van der Waals surface area contributed by atoms with E-state index < -0.39 is 0 Å². The second-order valence-electron chi connectivity index (χ2n) is 4.61. The molecule has 3 aromatic rings. The lowest BCUT2D eigenvalue weighted by atomic mass is 10.1. The van der Waals surface area contributed by atoms with Crippen LogP contribution in [0.5, 0.6) is 11.5 Å². The number of carbonyl (C=O) groups excluding carboxylic acids is 1. The van der Waals surface area contributed by atoms with Gasteiger partial charge < -0.3 is 9.47 Å². The standard InChI is InChI=1S/C15H11N3O3/c19-9-11-14(17-15-16-4-1-5-18(11)15)10-2-3-12-13(8-10)21-7-6-20-12/h1-5,8-9H,6-7H2. The van der Waals surface area contributed by atoms with Gasteiger partial charge in [0.1, 0.15) is 24.6 Å². The highest BCUT2D eigenvalue weighted by Crippen LogP contribution is 2.35. The van der Waals surface area contributed by atoms with Crippen LogP contribution in [0, 0.1) is 0 Å². The number of fused-ring (bicyclic) bond motifs is 2. The summed E-state index contributed by atoms with van der Waals surface area (Å²) in [6, 6.07) is 7.29. The van der Waals surface area contributed by atoms with Crippen LogP contribution < -0.4 is 9.47 Å². The van der Waals surface area contributed by atoms with Crippen LogP contribution in [0.3, 0.4) is 0 Å². The van der Waals surface area contributed by atoms with Gasteiger partial charge in [0.05, 0.1) is 0 Å². The molecule has 0 fully saturated rings. The number of carbonyl (C=O) groups is 1. The highest BCUT2D eigenvalue weighted by atomic mass is 16.6. The number of rotatable bonds is 2. The SMILES string of the molecule is O=Cc1c(-c2ccc3c(c2)OCCO3)nc2ncccn12. The van der Waals surface area contributed by atoms with Crippen molar-refractivity contribution in [1.82, 2.24) is 14.4 Å². The fraction of sp³-hybridized carbons (Fsp3) is 0.133. The molecule has 104 valence electrons. The predicted octanol–water partition coefficient (Wildman–Crippen LogP) is 1.98. The number of hydrogen-bond acceptors (Lipinski definition) is 5. The summed E-state index contributed by atoms with van der Waals surface area (Å²) in [6.07, 6.45) is 4.19. The summed E-state index contributed by atoms with van der Waals surface area (Å²) in [5.41, 5.74) is 1.85. The first-order chi connectivity index (χ1) is 10.4. The molecule has 0 amide bonds. The lowest BCUT2D eigenvalue weighted by Crippen LogP contribution is -2.15. The minimum absolute atomic E-state index is 0.467. The molecule has 0 saturated heterocycles. The Hall–Kier alpha value is -2.89. The van der Waals surface area contributed by atoms with Gasteiger partial charge in [-0.25, -0.2) is 9.97 Å². The molecular formula is C15H11N3O3. The molecule has 3 heterocycles. The summed E-state index contributed by atoms with van der Waals surface area (Å²) >= 11 is 0. The van der Waals surface area contributed by atoms with E-state index in [1.165, 1.54) is 0 Å². The molecule has 1 aliphatic heterocycles. The molecule has 0 atom stereocenters. The Morgan fingerprint density at radius 3 is 2.90 bits per heavy atom. The first-order valence-electron chi connectivity index (χ1n) is 6.55. The lowest BCUT2D eigenvalue weighted by molar-refractivity contribution is 0.111. The second kappa shape index (κ2) is 4.59. The molecule has 0 saturated carbocycles. The average molecular weight is 281 g/mol. The van der Waals surface area contributed by atoms with Crippen molar-refractivity contribution in [3.8, 4) is 22.8 Å². The Bertz CT molecular complexity index is 841. The Morgan fingerprint density at radius 2 is 2.05 bits per heavy atom.